The maximum absolute atomic E-state index is 13.0. The second-order valence-corrected chi connectivity index (χ2v) is 9.37. The Balaban J connectivity index is 1.55. The third-order valence-corrected chi connectivity index (χ3v) is 6.81. The summed E-state index contributed by atoms with van der Waals surface area (Å²) in [5.41, 5.74) is -0.245. The molecule has 0 unspecified atom stereocenters. The number of carbonyl (C=O) groups is 1. The number of carbonyl (C=O) groups excluding carboxylic acids is 1. The minimum absolute atomic E-state index is 0.00823. The maximum Gasteiger partial charge on any atom is 0.416 e. The van der Waals surface area contributed by atoms with Crippen LogP contribution in [0.2, 0.25) is 5.02 Å². The van der Waals surface area contributed by atoms with Gasteiger partial charge in [-0.3, -0.25) is 9.36 Å². The Hall–Kier alpha value is -3.02. The van der Waals surface area contributed by atoms with Gasteiger partial charge in [0.1, 0.15) is 5.75 Å². The van der Waals surface area contributed by atoms with Crippen LogP contribution in [-0.4, -0.2) is 33.0 Å². The molecule has 0 saturated carbocycles. The number of thioether (sulfide) groups is 1. The van der Waals surface area contributed by atoms with E-state index in [-0.39, 0.29) is 16.5 Å². The van der Waals surface area contributed by atoms with Crippen LogP contribution in [0, 0.1) is 0 Å². The first-order chi connectivity index (χ1) is 16.8. The number of halogens is 4. The summed E-state index contributed by atoms with van der Waals surface area (Å²) in [5, 5.41) is 13.4. The molecular weight excluding hydrogens is 521 g/mol. The normalized spacial score (nSPS) is 11.5. The van der Waals surface area contributed by atoms with Gasteiger partial charge in [0.15, 0.2) is 11.0 Å². The van der Waals surface area contributed by atoms with E-state index in [1.54, 1.807) is 0 Å². The van der Waals surface area contributed by atoms with E-state index in [2.05, 4.69) is 15.5 Å². The van der Waals surface area contributed by atoms with E-state index >= 15 is 0 Å². The van der Waals surface area contributed by atoms with E-state index in [1.165, 1.54) is 11.3 Å². The minimum atomic E-state index is -4.55. The summed E-state index contributed by atoms with van der Waals surface area (Å²) in [5.74, 6) is 0.670. The van der Waals surface area contributed by atoms with Crippen molar-refractivity contribution in [2.24, 2.45) is 0 Å². The van der Waals surface area contributed by atoms with E-state index in [0.29, 0.717) is 23.3 Å². The van der Waals surface area contributed by atoms with E-state index in [9.17, 15) is 18.0 Å². The van der Waals surface area contributed by atoms with E-state index in [4.69, 9.17) is 16.3 Å². The van der Waals surface area contributed by atoms with Crippen molar-refractivity contribution in [3.8, 4) is 22.1 Å². The van der Waals surface area contributed by atoms with Crippen molar-refractivity contribution >= 4 is 46.3 Å². The number of benzene rings is 2. The zero-order valence-electron chi connectivity index (χ0n) is 18.2. The number of amides is 1. The van der Waals surface area contributed by atoms with Crippen LogP contribution in [-0.2, 0) is 11.0 Å². The summed E-state index contributed by atoms with van der Waals surface area (Å²) in [6, 6.07) is 14.0. The molecule has 35 heavy (non-hydrogen) atoms. The Morgan fingerprint density at radius 2 is 1.94 bits per heavy atom. The second-order valence-electron chi connectivity index (χ2n) is 7.08. The van der Waals surface area contributed by atoms with Crippen LogP contribution in [0.4, 0.5) is 18.9 Å². The Labute approximate surface area is 212 Å². The van der Waals surface area contributed by atoms with Crippen molar-refractivity contribution < 1.29 is 22.7 Å². The average molecular weight is 539 g/mol. The van der Waals surface area contributed by atoms with Gasteiger partial charge >= 0.3 is 6.18 Å². The number of anilines is 1. The van der Waals surface area contributed by atoms with Crippen LogP contribution in [0.5, 0.6) is 5.75 Å². The first-order valence-corrected chi connectivity index (χ1v) is 12.5. The van der Waals surface area contributed by atoms with Gasteiger partial charge in [0.25, 0.3) is 0 Å². The monoisotopic (exact) mass is 538 g/mol. The van der Waals surface area contributed by atoms with E-state index in [1.807, 2.05) is 53.3 Å². The maximum atomic E-state index is 13.0. The quantitative estimate of drug-likeness (QED) is 0.250. The van der Waals surface area contributed by atoms with Crippen molar-refractivity contribution in [1.82, 2.24) is 14.8 Å². The standard InChI is InChI=1S/C23H18ClF3N4O2S2/c1-2-33-16-8-6-15(7-9-16)31-21(19-4-3-11-34-19)29-30-22(31)35-13-20(32)28-18-12-14(23(25,26)27)5-10-17(18)24/h3-12H,2,13H2,1H3,(H,28,32). The molecule has 0 saturated heterocycles. The molecule has 1 amide bonds. The fourth-order valence-corrected chi connectivity index (χ4v) is 4.75. The first kappa shape index (κ1) is 25.1. The Morgan fingerprint density at radius 1 is 1.17 bits per heavy atom. The van der Waals surface area contributed by atoms with Crippen LogP contribution in [0.3, 0.4) is 0 Å². The molecule has 0 bridgehead atoms. The SMILES string of the molecule is CCOc1ccc(-n2c(SCC(=O)Nc3cc(C(F)(F)F)ccc3Cl)nnc2-c2cccs2)cc1. The molecule has 4 rings (SSSR count). The zero-order chi connectivity index (χ0) is 25.0. The largest absolute Gasteiger partial charge is 0.494 e. The molecule has 0 radical (unpaired) electrons. The molecule has 2 aromatic carbocycles. The molecule has 0 aliphatic heterocycles. The van der Waals surface area contributed by atoms with Crippen LogP contribution < -0.4 is 10.1 Å². The molecule has 0 spiro atoms. The molecule has 0 fully saturated rings. The van der Waals surface area contributed by atoms with Gasteiger partial charge in [-0.05, 0) is 60.8 Å². The van der Waals surface area contributed by atoms with Crippen molar-refractivity contribution in [1.29, 1.82) is 0 Å². The van der Waals surface area contributed by atoms with Crippen LogP contribution >= 0.6 is 34.7 Å². The Morgan fingerprint density at radius 3 is 2.60 bits per heavy atom. The second kappa shape index (κ2) is 10.7. The number of hydrogen-bond acceptors (Lipinski definition) is 6. The Kier molecular flexibility index (Phi) is 7.68. The summed E-state index contributed by atoms with van der Waals surface area (Å²) in [4.78, 5) is 13.4. The molecule has 0 aliphatic rings. The van der Waals surface area contributed by atoms with Crippen molar-refractivity contribution in [3.63, 3.8) is 0 Å². The van der Waals surface area contributed by atoms with E-state index in [0.717, 1.165) is 40.5 Å². The number of nitrogens with one attached hydrogen (secondary N) is 1. The third kappa shape index (κ3) is 5.98. The van der Waals surface area contributed by atoms with E-state index < -0.39 is 17.6 Å². The molecule has 4 aromatic rings. The number of ether oxygens (including phenoxy) is 1. The molecule has 2 aromatic heterocycles. The summed E-state index contributed by atoms with van der Waals surface area (Å²) in [6.45, 7) is 2.44. The predicted octanol–water partition coefficient (Wildman–Crippen LogP) is 6.80. The van der Waals surface area contributed by atoms with Gasteiger partial charge in [-0.1, -0.05) is 29.4 Å². The lowest BCUT2D eigenvalue weighted by atomic mass is 10.2. The third-order valence-electron chi connectivity index (χ3n) is 4.68. The molecule has 1 N–H and O–H groups in total. The fourth-order valence-electron chi connectivity index (χ4n) is 3.13. The molecule has 0 atom stereocenters. The number of alkyl halides is 3. The van der Waals surface area contributed by atoms with Crippen LogP contribution in [0.1, 0.15) is 12.5 Å². The fraction of sp³-hybridized carbons (Fsp3) is 0.174. The average Bonchev–Trinajstić information content (AvgIpc) is 3.49. The van der Waals surface area contributed by atoms with Gasteiger partial charge in [-0.25, -0.2) is 0 Å². The zero-order valence-corrected chi connectivity index (χ0v) is 20.6. The molecule has 182 valence electrons. The Bertz CT molecular complexity index is 1310. The number of hydrogen-bond donors (Lipinski definition) is 1. The molecular formula is C23H18ClF3N4O2S2. The van der Waals surface area contributed by atoms with Gasteiger partial charge in [0.2, 0.25) is 5.91 Å². The van der Waals surface area contributed by atoms with Gasteiger partial charge in [0, 0.05) is 0 Å². The van der Waals surface area contributed by atoms with Crippen molar-refractivity contribution in [2.45, 2.75) is 18.3 Å². The highest BCUT2D eigenvalue weighted by Gasteiger charge is 2.31. The molecule has 6 nitrogen and oxygen atoms in total. The summed E-state index contributed by atoms with van der Waals surface area (Å²) >= 11 is 8.58. The number of thiophene rings is 1. The van der Waals surface area contributed by atoms with Gasteiger partial charge in [-0.15, -0.1) is 21.5 Å². The van der Waals surface area contributed by atoms with Gasteiger partial charge in [0.05, 0.1) is 39.2 Å². The lowest BCUT2D eigenvalue weighted by Gasteiger charge is -2.12. The smallest absolute Gasteiger partial charge is 0.416 e. The number of nitrogens with zero attached hydrogens (tertiary/aromatic N) is 3. The number of rotatable bonds is 8. The lowest BCUT2D eigenvalue weighted by Crippen LogP contribution is -2.16. The van der Waals surface area contributed by atoms with Crippen LogP contribution in [0.25, 0.3) is 16.4 Å². The highest BCUT2D eigenvalue weighted by molar-refractivity contribution is 7.99. The predicted molar refractivity (Wildman–Crippen MR) is 132 cm³/mol. The summed E-state index contributed by atoms with van der Waals surface area (Å²) in [7, 11) is 0. The summed E-state index contributed by atoms with van der Waals surface area (Å²) < 4.78 is 46.4. The van der Waals surface area contributed by atoms with Gasteiger partial charge < -0.3 is 10.1 Å². The van der Waals surface area contributed by atoms with Crippen molar-refractivity contribution in [3.05, 3.63) is 70.6 Å². The molecule has 0 aliphatic carbocycles. The highest BCUT2D eigenvalue weighted by atomic mass is 35.5. The minimum Gasteiger partial charge on any atom is -0.494 e. The lowest BCUT2D eigenvalue weighted by molar-refractivity contribution is -0.137. The molecule has 2 heterocycles. The molecule has 12 heteroatoms. The highest BCUT2D eigenvalue weighted by Crippen LogP contribution is 2.34. The topological polar surface area (TPSA) is 69.0 Å². The summed E-state index contributed by atoms with van der Waals surface area (Å²) in [6.07, 6.45) is -4.55. The number of aromatic nitrogens is 3. The van der Waals surface area contributed by atoms with Crippen molar-refractivity contribution in [2.75, 3.05) is 17.7 Å². The van der Waals surface area contributed by atoms with Gasteiger partial charge in [-0.2, -0.15) is 13.2 Å². The first-order valence-electron chi connectivity index (χ1n) is 10.3. The van der Waals surface area contributed by atoms with Crippen LogP contribution in [0.15, 0.2) is 65.1 Å².